The first-order chi connectivity index (χ1) is 10.2. The second kappa shape index (κ2) is 6.32. The lowest BCUT2D eigenvalue weighted by molar-refractivity contribution is -0.175. The van der Waals surface area contributed by atoms with E-state index in [0.29, 0.717) is 32.7 Å². The van der Waals surface area contributed by atoms with E-state index in [9.17, 15) is 4.79 Å². The monoisotopic (exact) mass is 298 g/mol. The lowest BCUT2D eigenvalue weighted by atomic mass is 9.73. The minimum Gasteiger partial charge on any atom is -0.381 e. The molecule has 0 aromatic rings. The van der Waals surface area contributed by atoms with Crippen LogP contribution in [0.2, 0.25) is 0 Å². The van der Waals surface area contributed by atoms with Crippen molar-refractivity contribution in [3.05, 3.63) is 0 Å². The zero-order valence-electron chi connectivity index (χ0n) is 12.9. The van der Waals surface area contributed by atoms with Gasteiger partial charge >= 0.3 is 0 Å². The summed E-state index contributed by atoms with van der Waals surface area (Å²) in [7, 11) is 1.66. The molecule has 5 nitrogen and oxygen atoms in total. The predicted molar refractivity (Wildman–Crippen MR) is 76.3 cm³/mol. The largest absolute Gasteiger partial charge is 0.381 e. The number of ether oxygens (including phenoxy) is 4. The topological polar surface area (TPSA) is 54.0 Å². The summed E-state index contributed by atoms with van der Waals surface area (Å²) in [5.41, 5.74) is -0.774. The van der Waals surface area contributed by atoms with Gasteiger partial charge in [-0.25, -0.2) is 0 Å². The SMILES string of the molecule is COC1(C(=O)C2CCOC3(CCOCC3)C2)CCOCC1. The van der Waals surface area contributed by atoms with Crippen LogP contribution in [0.15, 0.2) is 0 Å². The van der Waals surface area contributed by atoms with Crippen LogP contribution >= 0.6 is 0 Å². The second-order valence-electron chi connectivity index (χ2n) is 6.51. The van der Waals surface area contributed by atoms with Gasteiger partial charge in [0.15, 0.2) is 5.78 Å². The fourth-order valence-corrected chi connectivity index (χ4v) is 3.97. The Hall–Kier alpha value is -0.490. The molecule has 120 valence electrons. The van der Waals surface area contributed by atoms with E-state index in [1.807, 2.05) is 0 Å². The fourth-order valence-electron chi connectivity index (χ4n) is 3.97. The van der Waals surface area contributed by atoms with Crippen molar-refractivity contribution in [1.82, 2.24) is 0 Å². The Balaban J connectivity index is 1.71. The van der Waals surface area contributed by atoms with E-state index in [1.54, 1.807) is 7.11 Å². The number of methoxy groups -OCH3 is 1. The number of carbonyl (C=O) groups is 1. The van der Waals surface area contributed by atoms with Crippen LogP contribution in [0, 0.1) is 5.92 Å². The van der Waals surface area contributed by atoms with Crippen LogP contribution in [0.3, 0.4) is 0 Å². The van der Waals surface area contributed by atoms with Crippen LogP contribution in [0.5, 0.6) is 0 Å². The highest BCUT2D eigenvalue weighted by Crippen LogP contribution is 2.40. The zero-order valence-corrected chi connectivity index (χ0v) is 12.9. The summed E-state index contributed by atoms with van der Waals surface area (Å²) in [6, 6.07) is 0. The molecule has 5 heteroatoms. The van der Waals surface area contributed by atoms with Gasteiger partial charge in [0.2, 0.25) is 0 Å². The quantitative estimate of drug-likeness (QED) is 0.794. The molecule has 21 heavy (non-hydrogen) atoms. The molecule has 3 rings (SSSR count). The number of rotatable bonds is 3. The normalized spacial score (nSPS) is 32.0. The molecule has 0 saturated carbocycles. The number of ketones is 1. The molecule has 3 aliphatic rings. The van der Waals surface area contributed by atoms with Crippen molar-refractivity contribution >= 4 is 5.78 Å². The van der Waals surface area contributed by atoms with Gasteiger partial charge in [0, 0.05) is 58.9 Å². The molecule has 0 radical (unpaired) electrons. The minimum absolute atomic E-state index is 0.0508. The Bertz CT molecular complexity index is 363. The fraction of sp³-hybridized carbons (Fsp3) is 0.938. The highest BCUT2D eigenvalue weighted by Gasteiger charge is 2.48. The molecular formula is C16H26O5. The van der Waals surface area contributed by atoms with Crippen molar-refractivity contribution in [2.75, 3.05) is 40.1 Å². The van der Waals surface area contributed by atoms with Crippen molar-refractivity contribution in [2.24, 2.45) is 5.92 Å². The minimum atomic E-state index is -0.632. The van der Waals surface area contributed by atoms with Gasteiger partial charge in [-0.3, -0.25) is 4.79 Å². The summed E-state index contributed by atoms with van der Waals surface area (Å²) in [6.07, 6.45) is 4.79. The van der Waals surface area contributed by atoms with Gasteiger partial charge in [0.1, 0.15) is 5.60 Å². The molecule has 3 heterocycles. The lowest BCUT2D eigenvalue weighted by Gasteiger charge is -2.45. The molecule has 3 fully saturated rings. The first-order valence-corrected chi connectivity index (χ1v) is 8.09. The van der Waals surface area contributed by atoms with Crippen LogP contribution in [0.4, 0.5) is 0 Å². The number of carbonyl (C=O) groups excluding carboxylic acids is 1. The molecule has 1 spiro atoms. The van der Waals surface area contributed by atoms with Crippen LogP contribution in [0.25, 0.3) is 0 Å². The molecule has 3 aliphatic heterocycles. The molecule has 1 unspecified atom stereocenters. The number of Topliss-reactive ketones (excluding diaryl/α,β-unsaturated/α-hetero) is 1. The molecule has 0 amide bonds. The Morgan fingerprint density at radius 2 is 1.62 bits per heavy atom. The predicted octanol–water partition coefficient (Wildman–Crippen LogP) is 1.73. The summed E-state index contributed by atoms with van der Waals surface area (Å²) in [5, 5.41) is 0. The standard InChI is InChI=1S/C16H26O5/c1-18-16(5-10-20-11-6-16)14(17)13-2-7-21-15(12-13)3-8-19-9-4-15/h13H,2-12H2,1H3. The van der Waals surface area contributed by atoms with Crippen molar-refractivity contribution in [3.63, 3.8) is 0 Å². The van der Waals surface area contributed by atoms with E-state index in [2.05, 4.69) is 0 Å². The third kappa shape index (κ3) is 3.02. The van der Waals surface area contributed by atoms with E-state index >= 15 is 0 Å². The number of hydrogen-bond acceptors (Lipinski definition) is 5. The summed E-state index contributed by atoms with van der Waals surface area (Å²) < 4.78 is 22.6. The Morgan fingerprint density at radius 1 is 1.00 bits per heavy atom. The maximum absolute atomic E-state index is 13.1. The maximum Gasteiger partial charge on any atom is 0.168 e. The van der Waals surface area contributed by atoms with E-state index in [0.717, 1.165) is 38.9 Å². The average Bonchev–Trinajstić information content (AvgIpc) is 2.55. The maximum atomic E-state index is 13.1. The van der Waals surface area contributed by atoms with E-state index < -0.39 is 5.60 Å². The summed E-state index contributed by atoms with van der Waals surface area (Å²) in [6.45, 7) is 3.38. The third-order valence-electron chi connectivity index (χ3n) is 5.41. The van der Waals surface area contributed by atoms with E-state index in [4.69, 9.17) is 18.9 Å². The van der Waals surface area contributed by atoms with Crippen LogP contribution in [-0.2, 0) is 23.7 Å². The van der Waals surface area contributed by atoms with Gasteiger partial charge in [-0.05, 0) is 25.7 Å². The van der Waals surface area contributed by atoms with Crippen LogP contribution < -0.4 is 0 Å². The van der Waals surface area contributed by atoms with Gasteiger partial charge in [-0.1, -0.05) is 0 Å². The van der Waals surface area contributed by atoms with Crippen molar-refractivity contribution < 1.29 is 23.7 Å². The highest BCUT2D eigenvalue weighted by atomic mass is 16.5. The highest BCUT2D eigenvalue weighted by molar-refractivity contribution is 5.89. The Kier molecular flexibility index (Phi) is 4.64. The van der Waals surface area contributed by atoms with Crippen LogP contribution in [0.1, 0.15) is 38.5 Å². The molecule has 1 atom stereocenters. The van der Waals surface area contributed by atoms with Gasteiger partial charge in [-0.2, -0.15) is 0 Å². The smallest absolute Gasteiger partial charge is 0.168 e. The Labute approximate surface area is 126 Å². The zero-order chi connectivity index (χ0) is 14.8. The van der Waals surface area contributed by atoms with Crippen molar-refractivity contribution in [1.29, 1.82) is 0 Å². The Morgan fingerprint density at radius 3 is 2.24 bits per heavy atom. The molecule has 3 saturated heterocycles. The molecule has 0 aromatic heterocycles. The summed E-state index contributed by atoms with van der Waals surface area (Å²) in [5.74, 6) is 0.317. The molecular weight excluding hydrogens is 272 g/mol. The first-order valence-electron chi connectivity index (χ1n) is 8.09. The van der Waals surface area contributed by atoms with Crippen molar-refractivity contribution in [3.8, 4) is 0 Å². The van der Waals surface area contributed by atoms with Crippen molar-refractivity contribution in [2.45, 2.75) is 49.7 Å². The summed E-state index contributed by atoms with van der Waals surface area (Å²) in [4.78, 5) is 13.1. The van der Waals surface area contributed by atoms with Gasteiger partial charge < -0.3 is 18.9 Å². The second-order valence-corrected chi connectivity index (χ2v) is 6.51. The average molecular weight is 298 g/mol. The molecule has 0 aliphatic carbocycles. The molecule has 0 N–H and O–H groups in total. The molecule has 0 bridgehead atoms. The van der Waals surface area contributed by atoms with Gasteiger partial charge in [0.25, 0.3) is 0 Å². The summed E-state index contributed by atoms with van der Waals surface area (Å²) >= 11 is 0. The van der Waals surface area contributed by atoms with Gasteiger partial charge in [0.05, 0.1) is 5.60 Å². The third-order valence-corrected chi connectivity index (χ3v) is 5.41. The van der Waals surface area contributed by atoms with E-state index in [1.165, 1.54) is 0 Å². The molecule has 0 aromatic carbocycles. The number of hydrogen-bond donors (Lipinski definition) is 0. The van der Waals surface area contributed by atoms with Gasteiger partial charge in [-0.15, -0.1) is 0 Å². The van der Waals surface area contributed by atoms with Crippen LogP contribution in [-0.4, -0.2) is 57.1 Å². The van der Waals surface area contributed by atoms with E-state index in [-0.39, 0.29) is 17.3 Å². The lowest BCUT2D eigenvalue weighted by Crippen LogP contribution is -2.53. The first kappa shape index (κ1) is 15.4.